The lowest BCUT2D eigenvalue weighted by Crippen LogP contribution is -2.46. The third-order valence-corrected chi connectivity index (χ3v) is 5.02. The average Bonchev–Trinajstić information content (AvgIpc) is 3.21. The van der Waals surface area contributed by atoms with Gasteiger partial charge in [-0.3, -0.25) is 0 Å². The minimum atomic E-state index is 0.236. The van der Waals surface area contributed by atoms with Crippen molar-refractivity contribution in [3.8, 4) is 0 Å². The fourth-order valence-electron chi connectivity index (χ4n) is 3.54. The van der Waals surface area contributed by atoms with Crippen LogP contribution in [0.4, 0.5) is 0 Å². The standard InChI is InChI=1S/C19H30N2/c1-19(2,3)17-8-6-15(7-9-17)16-10-18(20)13-21(12-16)11-14-4-5-14/h6-9,14,16,18H,4-5,10-13,20H2,1-3H3. The van der Waals surface area contributed by atoms with Crippen molar-refractivity contribution in [1.82, 2.24) is 4.90 Å². The van der Waals surface area contributed by atoms with Gasteiger partial charge >= 0.3 is 0 Å². The first-order valence-electron chi connectivity index (χ1n) is 8.50. The molecule has 0 spiro atoms. The molecule has 0 amide bonds. The fourth-order valence-corrected chi connectivity index (χ4v) is 3.54. The molecule has 0 bridgehead atoms. The molecule has 1 saturated heterocycles. The smallest absolute Gasteiger partial charge is 0.0174 e. The summed E-state index contributed by atoms with van der Waals surface area (Å²) in [6.45, 7) is 10.4. The molecule has 0 radical (unpaired) electrons. The van der Waals surface area contributed by atoms with Crippen molar-refractivity contribution in [2.24, 2.45) is 11.7 Å². The molecule has 2 unspecified atom stereocenters. The molecule has 0 aromatic heterocycles. The zero-order valence-corrected chi connectivity index (χ0v) is 13.8. The van der Waals surface area contributed by atoms with Gasteiger partial charge in [-0.15, -0.1) is 0 Å². The van der Waals surface area contributed by atoms with Crippen molar-refractivity contribution in [2.75, 3.05) is 19.6 Å². The highest BCUT2D eigenvalue weighted by atomic mass is 15.2. The quantitative estimate of drug-likeness (QED) is 0.921. The van der Waals surface area contributed by atoms with E-state index in [0.717, 1.165) is 18.9 Å². The topological polar surface area (TPSA) is 29.3 Å². The van der Waals surface area contributed by atoms with Gasteiger partial charge in [-0.1, -0.05) is 45.0 Å². The van der Waals surface area contributed by atoms with Crippen LogP contribution in [0.2, 0.25) is 0 Å². The Balaban J connectivity index is 1.69. The monoisotopic (exact) mass is 286 g/mol. The number of hydrogen-bond acceptors (Lipinski definition) is 2. The predicted molar refractivity (Wildman–Crippen MR) is 89.6 cm³/mol. The van der Waals surface area contributed by atoms with Gasteiger partial charge in [0.2, 0.25) is 0 Å². The first-order valence-corrected chi connectivity index (χ1v) is 8.50. The summed E-state index contributed by atoms with van der Waals surface area (Å²) < 4.78 is 0. The number of hydrogen-bond donors (Lipinski definition) is 1. The Hall–Kier alpha value is -0.860. The van der Waals surface area contributed by atoms with Gasteiger partial charge in [0.25, 0.3) is 0 Å². The summed E-state index contributed by atoms with van der Waals surface area (Å²) in [5.41, 5.74) is 9.43. The molecule has 1 aliphatic heterocycles. The molecule has 1 aliphatic carbocycles. The zero-order chi connectivity index (χ0) is 15.0. The Morgan fingerprint density at radius 1 is 1.10 bits per heavy atom. The van der Waals surface area contributed by atoms with Crippen molar-refractivity contribution in [3.63, 3.8) is 0 Å². The van der Waals surface area contributed by atoms with Gasteiger partial charge in [-0.05, 0) is 47.6 Å². The normalized spacial score (nSPS) is 27.8. The predicted octanol–water partition coefficient (Wildman–Crippen LogP) is 3.51. The molecular formula is C19H30N2. The molecule has 1 heterocycles. The first kappa shape index (κ1) is 15.1. The minimum Gasteiger partial charge on any atom is -0.327 e. The summed E-state index contributed by atoms with van der Waals surface area (Å²) in [4.78, 5) is 2.61. The number of benzene rings is 1. The maximum absolute atomic E-state index is 6.31. The van der Waals surface area contributed by atoms with Gasteiger partial charge in [0.05, 0.1) is 0 Å². The number of rotatable bonds is 3. The Morgan fingerprint density at radius 3 is 2.33 bits per heavy atom. The van der Waals surface area contributed by atoms with Gasteiger partial charge in [0.1, 0.15) is 0 Å². The summed E-state index contributed by atoms with van der Waals surface area (Å²) in [5.74, 6) is 1.57. The summed E-state index contributed by atoms with van der Waals surface area (Å²) in [5, 5.41) is 0. The van der Waals surface area contributed by atoms with E-state index in [1.165, 1.54) is 37.1 Å². The van der Waals surface area contributed by atoms with Crippen LogP contribution in [0, 0.1) is 5.92 Å². The summed E-state index contributed by atoms with van der Waals surface area (Å²) >= 11 is 0. The maximum Gasteiger partial charge on any atom is 0.0174 e. The van der Waals surface area contributed by atoms with Crippen molar-refractivity contribution >= 4 is 0 Å². The largest absolute Gasteiger partial charge is 0.327 e. The van der Waals surface area contributed by atoms with Gasteiger partial charge in [-0.2, -0.15) is 0 Å². The van der Waals surface area contributed by atoms with Crippen molar-refractivity contribution in [3.05, 3.63) is 35.4 Å². The van der Waals surface area contributed by atoms with E-state index in [0.29, 0.717) is 12.0 Å². The van der Waals surface area contributed by atoms with Crippen molar-refractivity contribution in [1.29, 1.82) is 0 Å². The SMILES string of the molecule is CC(C)(C)c1ccc(C2CC(N)CN(CC3CC3)C2)cc1. The molecule has 1 aromatic carbocycles. The molecule has 2 N–H and O–H groups in total. The van der Waals surface area contributed by atoms with Gasteiger partial charge in [0, 0.05) is 25.7 Å². The zero-order valence-electron chi connectivity index (χ0n) is 13.8. The van der Waals surface area contributed by atoms with Crippen LogP contribution < -0.4 is 5.73 Å². The van der Waals surface area contributed by atoms with Gasteiger partial charge in [-0.25, -0.2) is 0 Å². The number of nitrogens with zero attached hydrogens (tertiary/aromatic N) is 1. The second kappa shape index (κ2) is 5.73. The van der Waals surface area contributed by atoms with Crippen LogP contribution in [0.15, 0.2) is 24.3 Å². The minimum absolute atomic E-state index is 0.236. The third-order valence-electron chi connectivity index (χ3n) is 5.02. The van der Waals surface area contributed by atoms with E-state index in [1.807, 2.05) is 0 Å². The number of likely N-dealkylation sites (tertiary alicyclic amines) is 1. The highest BCUT2D eigenvalue weighted by Gasteiger charge is 2.30. The van der Waals surface area contributed by atoms with Crippen LogP contribution in [0.3, 0.4) is 0 Å². The molecule has 3 rings (SSSR count). The highest BCUT2D eigenvalue weighted by molar-refractivity contribution is 5.30. The fraction of sp³-hybridized carbons (Fsp3) is 0.684. The van der Waals surface area contributed by atoms with E-state index in [2.05, 4.69) is 49.9 Å². The van der Waals surface area contributed by atoms with Crippen molar-refractivity contribution in [2.45, 2.75) is 57.4 Å². The molecule has 2 nitrogen and oxygen atoms in total. The van der Waals surface area contributed by atoms with Crippen LogP contribution in [-0.4, -0.2) is 30.6 Å². The summed E-state index contributed by atoms with van der Waals surface area (Å²) in [7, 11) is 0. The highest BCUT2D eigenvalue weighted by Crippen LogP contribution is 2.33. The lowest BCUT2D eigenvalue weighted by atomic mass is 9.83. The molecule has 2 fully saturated rings. The van der Waals surface area contributed by atoms with E-state index in [4.69, 9.17) is 5.73 Å². The Labute approximate surface area is 129 Å². The van der Waals surface area contributed by atoms with Crippen LogP contribution in [0.25, 0.3) is 0 Å². The van der Waals surface area contributed by atoms with Crippen LogP contribution in [-0.2, 0) is 5.41 Å². The van der Waals surface area contributed by atoms with E-state index < -0.39 is 0 Å². The van der Waals surface area contributed by atoms with Gasteiger partial charge < -0.3 is 10.6 Å². The molecule has 21 heavy (non-hydrogen) atoms. The molecule has 116 valence electrons. The first-order chi connectivity index (χ1) is 9.91. The number of piperidine rings is 1. The molecular weight excluding hydrogens is 256 g/mol. The lowest BCUT2D eigenvalue weighted by molar-refractivity contribution is 0.182. The van der Waals surface area contributed by atoms with Crippen LogP contribution >= 0.6 is 0 Å². The second-order valence-electron chi connectivity index (χ2n) is 8.23. The molecule has 1 aromatic rings. The summed E-state index contributed by atoms with van der Waals surface area (Å²) in [6.07, 6.45) is 3.99. The molecule has 2 aliphatic rings. The van der Waals surface area contributed by atoms with Gasteiger partial charge in [0.15, 0.2) is 0 Å². The average molecular weight is 286 g/mol. The maximum atomic E-state index is 6.31. The van der Waals surface area contributed by atoms with Crippen LogP contribution in [0.5, 0.6) is 0 Å². The van der Waals surface area contributed by atoms with E-state index >= 15 is 0 Å². The molecule has 1 saturated carbocycles. The van der Waals surface area contributed by atoms with Crippen molar-refractivity contribution < 1.29 is 0 Å². The van der Waals surface area contributed by atoms with E-state index in [1.54, 1.807) is 0 Å². The second-order valence-corrected chi connectivity index (χ2v) is 8.23. The number of nitrogens with two attached hydrogens (primary N) is 1. The van der Waals surface area contributed by atoms with E-state index in [-0.39, 0.29) is 5.41 Å². The van der Waals surface area contributed by atoms with E-state index in [9.17, 15) is 0 Å². The molecule has 2 heteroatoms. The Bertz CT molecular complexity index is 465. The summed E-state index contributed by atoms with van der Waals surface area (Å²) in [6, 6.07) is 9.61. The molecule has 2 atom stereocenters. The third kappa shape index (κ3) is 3.87. The Morgan fingerprint density at radius 2 is 1.76 bits per heavy atom. The van der Waals surface area contributed by atoms with Crippen LogP contribution in [0.1, 0.15) is 57.1 Å². The lowest BCUT2D eigenvalue weighted by Gasteiger charge is -2.37. The Kier molecular flexibility index (Phi) is 4.11.